The van der Waals surface area contributed by atoms with Crippen molar-refractivity contribution in [1.29, 1.82) is 0 Å². The van der Waals surface area contributed by atoms with Gasteiger partial charge in [-0.15, -0.1) is 0 Å². The highest BCUT2D eigenvalue weighted by Crippen LogP contribution is 2.23. The van der Waals surface area contributed by atoms with E-state index in [1.807, 2.05) is 37.4 Å². The lowest BCUT2D eigenvalue weighted by molar-refractivity contribution is -0.143. The molecule has 0 saturated heterocycles. The molecule has 6 nitrogen and oxygen atoms in total. The Hall–Kier alpha value is -1.89. The first-order valence-corrected chi connectivity index (χ1v) is 8.78. The molecule has 0 atom stereocenters. The third-order valence-electron chi connectivity index (χ3n) is 3.75. The van der Waals surface area contributed by atoms with Gasteiger partial charge in [0.05, 0.1) is 23.2 Å². The van der Waals surface area contributed by atoms with E-state index in [1.54, 1.807) is 11.8 Å². The molecule has 2 aromatic rings. The molecule has 0 aromatic carbocycles. The van der Waals surface area contributed by atoms with E-state index in [0.29, 0.717) is 36.7 Å². The van der Waals surface area contributed by atoms with Gasteiger partial charge in [-0.2, -0.15) is 0 Å². The van der Waals surface area contributed by atoms with Crippen molar-refractivity contribution in [2.45, 2.75) is 34.1 Å². The molecule has 0 aliphatic heterocycles. The molecule has 0 aliphatic carbocycles. The highest BCUT2D eigenvalue weighted by atomic mass is 79.9. The number of amides is 1. The van der Waals surface area contributed by atoms with Gasteiger partial charge in [-0.05, 0) is 55.3 Å². The maximum Gasteiger partial charge on any atom is 0.307 e. The summed E-state index contributed by atoms with van der Waals surface area (Å²) in [5.74, 6) is -0.429. The molecule has 0 spiro atoms. The molecule has 0 unspecified atom stereocenters. The minimum Gasteiger partial charge on any atom is -0.466 e. The molecular formula is C17H22BrN3O3. The summed E-state index contributed by atoms with van der Waals surface area (Å²) in [5, 5.41) is 0. The average Bonchev–Trinajstić information content (AvgIpc) is 2.84. The fourth-order valence-corrected chi connectivity index (χ4v) is 3.26. The second-order valence-corrected chi connectivity index (χ2v) is 6.40. The van der Waals surface area contributed by atoms with Gasteiger partial charge in [-0.25, -0.2) is 4.98 Å². The predicted octanol–water partition coefficient (Wildman–Crippen LogP) is 3.13. The number of aromatic nitrogens is 2. The molecule has 0 radical (unpaired) electrons. The quantitative estimate of drug-likeness (QED) is 0.704. The number of hydrogen-bond donors (Lipinski definition) is 0. The fraction of sp³-hybridized carbons (Fsp3) is 0.471. The minimum atomic E-state index is -0.294. The predicted molar refractivity (Wildman–Crippen MR) is 95.2 cm³/mol. The van der Waals surface area contributed by atoms with Crippen LogP contribution in [0.2, 0.25) is 0 Å². The minimum absolute atomic E-state index is 0.135. The van der Waals surface area contributed by atoms with E-state index in [1.165, 1.54) is 0 Å². The van der Waals surface area contributed by atoms with E-state index in [2.05, 4.69) is 20.9 Å². The largest absolute Gasteiger partial charge is 0.466 e. The molecule has 0 N–H and O–H groups in total. The van der Waals surface area contributed by atoms with Crippen LogP contribution in [0.5, 0.6) is 0 Å². The zero-order valence-corrected chi connectivity index (χ0v) is 16.0. The molecule has 24 heavy (non-hydrogen) atoms. The Morgan fingerprint density at radius 2 is 2.04 bits per heavy atom. The number of ether oxygens (including phenoxy) is 1. The van der Waals surface area contributed by atoms with Crippen molar-refractivity contribution in [2.75, 3.05) is 19.7 Å². The van der Waals surface area contributed by atoms with Crippen molar-refractivity contribution in [3.63, 3.8) is 0 Å². The number of carbonyl (C=O) groups is 2. The van der Waals surface area contributed by atoms with Crippen LogP contribution in [-0.4, -0.2) is 45.9 Å². The Labute approximate surface area is 149 Å². The van der Waals surface area contributed by atoms with Crippen LogP contribution in [0.4, 0.5) is 0 Å². The Morgan fingerprint density at radius 3 is 2.67 bits per heavy atom. The molecule has 2 aromatic heterocycles. The summed E-state index contributed by atoms with van der Waals surface area (Å²) in [6.45, 7) is 8.63. The second kappa shape index (κ2) is 7.79. The third-order valence-corrected chi connectivity index (χ3v) is 4.33. The standard InChI is InChI=1S/C17H22BrN3O3/c1-5-20(8-7-14(22)24-6-2)17(23)15-12(4)19-16-13(18)9-11(3)10-21(15)16/h9-10H,5-8H2,1-4H3. The number of pyridine rings is 1. The normalized spacial score (nSPS) is 10.9. The van der Waals surface area contributed by atoms with Crippen LogP contribution >= 0.6 is 15.9 Å². The summed E-state index contributed by atoms with van der Waals surface area (Å²) in [6, 6.07) is 1.97. The summed E-state index contributed by atoms with van der Waals surface area (Å²) >= 11 is 3.50. The first-order valence-electron chi connectivity index (χ1n) is 7.98. The SMILES string of the molecule is CCOC(=O)CCN(CC)C(=O)c1c(C)nc2c(Br)cc(C)cn12. The summed E-state index contributed by atoms with van der Waals surface area (Å²) in [6.07, 6.45) is 2.08. The smallest absolute Gasteiger partial charge is 0.307 e. The summed E-state index contributed by atoms with van der Waals surface area (Å²) < 4.78 is 7.59. The number of aryl methyl sites for hydroxylation is 2. The van der Waals surface area contributed by atoms with Crippen LogP contribution in [0.25, 0.3) is 5.65 Å². The van der Waals surface area contributed by atoms with Gasteiger partial charge in [0.1, 0.15) is 5.69 Å². The van der Waals surface area contributed by atoms with Gasteiger partial charge in [0.2, 0.25) is 0 Å². The van der Waals surface area contributed by atoms with Gasteiger partial charge in [0.25, 0.3) is 5.91 Å². The zero-order valence-electron chi connectivity index (χ0n) is 14.4. The number of imidazole rings is 1. The van der Waals surface area contributed by atoms with Crippen LogP contribution in [0.3, 0.4) is 0 Å². The van der Waals surface area contributed by atoms with Crippen LogP contribution in [0, 0.1) is 13.8 Å². The highest BCUT2D eigenvalue weighted by molar-refractivity contribution is 9.10. The maximum atomic E-state index is 13.0. The van der Waals surface area contributed by atoms with Crippen molar-refractivity contribution in [3.8, 4) is 0 Å². The van der Waals surface area contributed by atoms with E-state index in [0.717, 1.165) is 10.0 Å². The third kappa shape index (κ3) is 3.77. The van der Waals surface area contributed by atoms with Crippen molar-refractivity contribution >= 4 is 33.5 Å². The van der Waals surface area contributed by atoms with E-state index in [4.69, 9.17) is 4.74 Å². The lowest BCUT2D eigenvalue weighted by Crippen LogP contribution is -2.34. The lowest BCUT2D eigenvalue weighted by atomic mass is 10.2. The first kappa shape index (κ1) is 18.4. The van der Waals surface area contributed by atoms with Gasteiger partial charge in [-0.1, -0.05) is 0 Å². The van der Waals surface area contributed by atoms with E-state index >= 15 is 0 Å². The van der Waals surface area contributed by atoms with Crippen LogP contribution in [0.15, 0.2) is 16.7 Å². The number of rotatable bonds is 6. The van der Waals surface area contributed by atoms with E-state index in [9.17, 15) is 9.59 Å². The summed E-state index contributed by atoms with van der Waals surface area (Å²) in [5.41, 5.74) is 2.93. The zero-order chi connectivity index (χ0) is 17.9. The van der Waals surface area contributed by atoms with Crippen molar-refractivity contribution < 1.29 is 14.3 Å². The van der Waals surface area contributed by atoms with Gasteiger partial charge < -0.3 is 9.64 Å². The average molecular weight is 396 g/mol. The molecule has 130 valence electrons. The fourth-order valence-electron chi connectivity index (χ4n) is 2.62. The van der Waals surface area contributed by atoms with Crippen molar-refractivity contribution in [1.82, 2.24) is 14.3 Å². The maximum absolute atomic E-state index is 13.0. The Morgan fingerprint density at radius 1 is 1.33 bits per heavy atom. The molecule has 0 bridgehead atoms. The molecule has 7 heteroatoms. The van der Waals surface area contributed by atoms with Gasteiger partial charge in [0.15, 0.2) is 5.65 Å². The molecule has 1 amide bonds. The van der Waals surface area contributed by atoms with E-state index in [-0.39, 0.29) is 18.3 Å². The van der Waals surface area contributed by atoms with Crippen LogP contribution < -0.4 is 0 Å². The van der Waals surface area contributed by atoms with Crippen LogP contribution in [-0.2, 0) is 9.53 Å². The first-order chi connectivity index (χ1) is 11.4. The molecule has 0 aliphatic rings. The number of nitrogens with zero attached hydrogens (tertiary/aromatic N) is 3. The Bertz CT molecular complexity index is 770. The Kier molecular flexibility index (Phi) is 5.99. The number of esters is 1. The van der Waals surface area contributed by atoms with Crippen molar-refractivity contribution in [2.24, 2.45) is 0 Å². The number of halogens is 1. The second-order valence-electron chi connectivity index (χ2n) is 5.54. The molecular weight excluding hydrogens is 374 g/mol. The summed E-state index contributed by atoms with van der Waals surface area (Å²) in [4.78, 5) is 30.7. The van der Waals surface area contributed by atoms with Gasteiger partial charge >= 0.3 is 5.97 Å². The summed E-state index contributed by atoms with van der Waals surface area (Å²) in [7, 11) is 0. The number of hydrogen-bond acceptors (Lipinski definition) is 4. The molecule has 0 saturated carbocycles. The lowest BCUT2D eigenvalue weighted by Gasteiger charge is -2.20. The topological polar surface area (TPSA) is 63.9 Å². The number of fused-ring (bicyclic) bond motifs is 1. The molecule has 2 heterocycles. The highest BCUT2D eigenvalue weighted by Gasteiger charge is 2.23. The molecule has 0 fully saturated rings. The Balaban J connectivity index is 2.32. The van der Waals surface area contributed by atoms with Crippen molar-refractivity contribution in [3.05, 3.63) is 33.7 Å². The van der Waals surface area contributed by atoms with Crippen LogP contribution in [0.1, 0.15) is 42.0 Å². The number of carbonyl (C=O) groups excluding carboxylic acids is 2. The van der Waals surface area contributed by atoms with E-state index < -0.39 is 0 Å². The van der Waals surface area contributed by atoms with Gasteiger partial charge in [-0.3, -0.25) is 14.0 Å². The molecule has 2 rings (SSSR count). The van der Waals surface area contributed by atoms with Gasteiger partial charge in [0, 0.05) is 19.3 Å². The monoisotopic (exact) mass is 395 g/mol.